The number of rotatable bonds is 4. The molecule has 20 heavy (non-hydrogen) atoms. The minimum Gasteiger partial charge on any atom is -0.368 e. The van der Waals surface area contributed by atoms with Gasteiger partial charge in [-0.2, -0.15) is 0 Å². The third-order valence-electron chi connectivity index (χ3n) is 4.55. The third-order valence-corrected chi connectivity index (χ3v) is 4.55. The fourth-order valence-electron chi connectivity index (χ4n) is 3.61. The Balaban J connectivity index is 2.25. The van der Waals surface area contributed by atoms with Gasteiger partial charge in [0.2, 0.25) is 0 Å². The molecule has 2 unspecified atom stereocenters. The lowest BCUT2D eigenvalue weighted by molar-refractivity contribution is -0.0831. The van der Waals surface area contributed by atoms with Crippen molar-refractivity contribution in [3.05, 3.63) is 35.9 Å². The summed E-state index contributed by atoms with van der Waals surface area (Å²) in [6, 6.07) is 10.7. The molecule has 2 rings (SSSR count). The quantitative estimate of drug-likeness (QED) is 0.888. The van der Waals surface area contributed by atoms with Crippen LogP contribution in [-0.2, 0) is 4.74 Å². The molecule has 3 N–H and O–H groups in total. The molecule has 1 aliphatic rings. The first-order valence-corrected chi connectivity index (χ1v) is 7.44. The van der Waals surface area contributed by atoms with Crippen LogP contribution >= 0.6 is 0 Å². The second kappa shape index (κ2) is 5.14. The highest BCUT2D eigenvalue weighted by atomic mass is 16.5. The average molecular weight is 276 g/mol. The first-order valence-electron chi connectivity index (χ1n) is 7.44. The van der Waals surface area contributed by atoms with Gasteiger partial charge in [-0.15, -0.1) is 0 Å². The van der Waals surface area contributed by atoms with E-state index in [1.54, 1.807) is 0 Å². The zero-order valence-corrected chi connectivity index (χ0v) is 13.4. The molecule has 1 aromatic carbocycles. The van der Waals surface area contributed by atoms with Crippen LogP contribution in [0.5, 0.6) is 0 Å². The van der Waals surface area contributed by atoms with Crippen LogP contribution in [0.4, 0.5) is 0 Å². The van der Waals surface area contributed by atoms with Gasteiger partial charge in [-0.1, -0.05) is 30.3 Å². The number of hydrogen-bond acceptors (Lipinski definition) is 3. The second-order valence-electron chi connectivity index (χ2n) is 7.11. The summed E-state index contributed by atoms with van der Waals surface area (Å²) in [5.41, 5.74) is 6.80. The molecule has 0 amide bonds. The minimum atomic E-state index is -0.283. The monoisotopic (exact) mass is 276 g/mol. The van der Waals surface area contributed by atoms with Crippen LogP contribution in [0, 0.1) is 0 Å². The maximum absolute atomic E-state index is 6.24. The predicted octanol–water partition coefficient (Wildman–Crippen LogP) is 3.01. The Hall–Kier alpha value is -0.900. The molecule has 2 atom stereocenters. The molecule has 0 spiro atoms. The van der Waals surface area contributed by atoms with E-state index in [2.05, 4.69) is 64.2 Å². The summed E-state index contributed by atoms with van der Waals surface area (Å²) in [4.78, 5) is 0. The van der Waals surface area contributed by atoms with Gasteiger partial charge in [-0.3, -0.25) is 0 Å². The van der Waals surface area contributed by atoms with E-state index >= 15 is 0 Å². The van der Waals surface area contributed by atoms with Crippen LogP contribution in [0.15, 0.2) is 30.3 Å². The minimum absolute atomic E-state index is 0.147. The van der Waals surface area contributed by atoms with E-state index in [0.29, 0.717) is 6.54 Å². The number of nitrogens with one attached hydrogen (secondary N) is 1. The van der Waals surface area contributed by atoms with Crippen molar-refractivity contribution in [3.63, 3.8) is 0 Å². The van der Waals surface area contributed by atoms with Crippen molar-refractivity contribution in [2.75, 3.05) is 6.54 Å². The van der Waals surface area contributed by atoms with Gasteiger partial charge in [0.1, 0.15) is 0 Å². The fourth-order valence-corrected chi connectivity index (χ4v) is 3.61. The molecule has 3 heteroatoms. The maximum Gasteiger partial charge on any atom is 0.0828 e. The Bertz CT molecular complexity index is 455. The molecular weight excluding hydrogens is 248 g/mol. The first-order chi connectivity index (χ1) is 9.21. The van der Waals surface area contributed by atoms with Gasteiger partial charge in [-0.25, -0.2) is 0 Å². The summed E-state index contributed by atoms with van der Waals surface area (Å²) in [5.74, 6) is 0. The third kappa shape index (κ3) is 2.76. The van der Waals surface area contributed by atoms with Crippen LogP contribution in [-0.4, -0.2) is 23.3 Å². The highest BCUT2D eigenvalue weighted by Crippen LogP contribution is 2.45. The Morgan fingerprint density at radius 3 is 2.25 bits per heavy atom. The number of benzene rings is 1. The summed E-state index contributed by atoms with van der Waals surface area (Å²) >= 11 is 0. The molecule has 1 aliphatic heterocycles. The molecule has 1 heterocycles. The summed E-state index contributed by atoms with van der Waals surface area (Å²) in [5, 5.41) is 3.75. The number of hydrogen-bond donors (Lipinski definition) is 2. The molecule has 3 nitrogen and oxygen atoms in total. The highest BCUT2D eigenvalue weighted by Gasteiger charge is 2.56. The van der Waals surface area contributed by atoms with Crippen molar-refractivity contribution in [2.45, 2.75) is 63.8 Å². The smallest absolute Gasteiger partial charge is 0.0828 e. The Morgan fingerprint density at radius 2 is 1.80 bits per heavy atom. The predicted molar refractivity (Wildman–Crippen MR) is 83.6 cm³/mol. The van der Waals surface area contributed by atoms with Crippen molar-refractivity contribution in [1.82, 2.24) is 5.32 Å². The first kappa shape index (κ1) is 15.5. The number of ether oxygens (including phenoxy) is 1. The zero-order chi connectivity index (χ0) is 15.0. The average Bonchev–Trinajstić information content (AvgIpc) is 2.55. The highest BCUT2D eigenvalue weighted by molar-refractivity contribution is 5.21. The van der Waals surface area contributed by atoms with Crippen molar-refractivity contribution in [1.29, 1.82) is 0 Å². The second-order valence-corrected chi connectivity index (χ2v) is 7.11. The molecule has 0 aliphatic carbocycles. The largest absolute Gasteiger partial charge is 0.368 e. The van der Waals surface area contributed by atoms with Crippen LogP contribution in [0.25, 0.3) is 0 Å². The maximum atomic E-state index is 6.24. The molecule has 112 valence electrons. The van der Waals surface area contributed by atoms with E-state index in [-0.39, 0.29) is 22.8 Å². The molecule has 0 saturated carbocycles. The summed E-state index contributed by atoms with van der Waals surface area (Å²) in [7, 11) is 0. The summed E-state index contributed by atoms with van der Waals surface area (Å²) in [6.45, 7) is 11.3. The topological polar surface area (TPSA) is 47.3 Å². The molecule has 1 saturated heterocycles. The van der Waals surface area contributed by atoms with Gasteiger partial charge in [0.05, 0.1) is 16.7 Å². The molecule has 1 fully saturated rings. The van der Waals surface area contributed by atoms with Gasteiger partial charge in [0.25, 0.3) is 0 Å². The standard InChI is InChI=1S/C17H28N2O/c1-13(14-9-7-6-8-10-14)19-17(12-18)11-15(2,3)20-16(17,4)5/h6-10,13,19H,11-12,18H2,1-5H3. The van der Waals surface area contributed by atoms with E-state index in [9.17, 15) is 0 Å². The van der Waals surface area contributed by atoms with Crippen LogP contribution in [0.1, 0.15) is 52.6 Å². The van der Waals surface area contributed by atoms with Gasteiger partial charge in [0.15, 0.2) is 0 Å². The summed E-state index contributed by atoms with van der Waals surface area (Å²) in [6.07, 6.45) is 0.917. The SMILES string of the molecule is CC(NC1(CN)CC(C)(C)OC1(C)C)c1ccccc1. The van der Waals surface area contributed by atoms with Crippen molar-refractivity contribution >= 4 is 0 Å². The Morgan fingerprint density at radius 1 is 1.20 bits per heavy atom. The molecule has 1 aromatic rings. The van der Waals surface area contributed by atoms with E-state index in [4.69, 9.17) is 10.5 Å². The molecule has 0 radical (unpaired) electrons. The Labute approximate surface area is 122 Å². The lowest BCUT2D eigenvalue weighted by Crippen LogP contribution is -2.62. The van der Waals surface area contributed by atoms with E-state index in [1.165, 1.54) is 5.56 Å². The molecule has 0 aromatic heterocycles. The zero-order valence-electron chi connectivity index (χ0n) is 13.4. The van der Waals surface area contributed by atoms with Crippen molar-refractivity contribution in [3.8, 4) is 0 Å². The van der Waals surface area contributed by atoms with Gasteiger partial charge < -0.3 is 15.8 Å². The van der Waals surface area contributed by atoms with Crippen molar-refractivity contribution < 1.29 is 4.74 Å². The lowest BCUT2D eigenvalue weighted by atomic mass is 9.78. The summed E-state index contributed by atoms with van der Waals surface area (Å²) < 4.78 is 6.24. The normalized spacial score (nSPS) is 29.3. The van der Waals surface area contributed by atoms with Crippen LogP contribution in [0.3, 0.4) is 0 Å². The van der Waals surface area contributed by atoms with E-state index in [1.807, 2.05) is 6.07 Å². The van der Waals surface area contributed by atoms with Gasteiger partial charge >= 0.3 is 0 Å². The molecular formula is C17H28N2O. The van der Waals surface area contributed by atoms with Crippen LogP contribution < -0.4 is 11.1 Å². The van der Waals surface area contributed by atoms with Gasteiger partial charge in [0, 0.05) is 12.6 Å². The fraction of sp³-hybridized carbons (Fsp3) is 0.647. The van der Waals surface area contributed by atoms with Crippen molar-refractivity contribution in [2.24, 2.45) is 5.73 Å². The van der Waals surface area contributed by atoms with E-state index in [0.717, 1.165) is 6.42 Å². The molecule has 0 bridgehead atoms. The lowest BCUT2D eigenvalue weighted by Gasteiger charge is -2.42. The van der Waals surface area contributed by atoms with E-state index < -0.39 is 0 Å². The Kier molecular flexibility index (Phi) is 3.98. The number of nitrogens with two attached hydrogens (primary N) is 1. The van der Waals surface area contributed by atoms with Crippen LogP contribution in [0.2, 0.25) is 0 Å². The van der Waals surface area contributed by atoms with Gasteiger partial charge in [-0.05, 0) is 46.6 Å².